The molecule has 0 bridgehead atoms. The largest absolute Gasteiger partial charge is 0.338 e. The average molecular weight is 361 g/mol. The van der Waals surface area contributed by atoms with Crippen LogP contribution in [-0.4, -0.2) is 15.9 Å². The number of rotatable bonds is 4. The summed E-state index contributed by atoms with van der Waals surface area (Å²) in [7, 11) is 0. The molecule has 1 amide bonds. The molecule has 25 heavy (non-hydrogen) atoms. The molecule has 2 N–H and O–H groups in total. The lowest BCUT2D eigenvalue weighted by molar-refractivity contribution is 0.102. The molecule has 8 heteroatoms. The van der Waals surface area contributed by atoms with E-state index >= 15 is 0 Å². The first kappa shape index (κ1) is 16.8. The monoisotopic (exact) mass is 360 g/mol. The van der Waals surface area contributed by atoms with Gasteiger partial charge in [-0.15, -0.1) is 0 Å². The highest BCUT2D eigenvalue weighted by Gasteiger charge is 2.11. The molecule has 0 aliphatic rings. The number of benzene rings is 2. The molecule has 0 aliphatic carbocycles. The van der Waals surface area contributed by atoms with Crippen LogP contribution in [0.15, 0.2) is 54.7 Å². The van der Waals surface area contributed by atoms with Crippen molar-refractivity contribution in [3.8, 4) is 0 Å². The fourth-order valence-corrected chi connectivity index (χ4v) is 2.18. The van der Waals surface area contributed by atoms with Gasteiger partial charge in [-0.1, -0.05) is 12.1 Å². The SMILES string of the molecule is O=C(Nc1ccc(Nc2nc(Cl)ncc2F)cc1)c1ccccc1F. The summed E-state index contributed by atoms with van der Waals surface area (Å²) in [5.74, 6) is -1.88. The Bertz CT molecular complexity index is 919. The molecule has 3 rings (SSSR count). The van der Waals surface area contributed by atoms with E-state index in [-0.39, 0.29) is 16.7 Å². The lowest BCUT2D eigenvalue weighted by Crippen LogP contribution is -2.13. The summed E-state index contributed by atoms with van der Waals surface area (Å²) >= 11 is 5.63. The van der Waals surface area contributed by atoms with E-state index in [2.05, 4.69) is 20.6 Å². The van der Waals surface area contributed by atoms with Crippen LogP contribution in [0.1, 0.15) is 10.4 Å². The first-order chi connectivity index (χ1) is 12.0. The molecule has 0 saturated heterocycles. The molecule has 1 aromatic heterocycles. The minimum atomic E-state index is -0.652. The predicted octanol–water partition coefficient (Wildman–Crippen LogP) is 4.40. The minimum Gasteiger partial charge on any atom is -0.338 e. The molecule has 0 spiro atoms. The molecule has 0 atom stereocenters. The lowest BCUT2D eigenvalue weighted by atomic mass is 10.2. The molecule has 1 heterocycles. The zero-order chi connectivity index (χ0) is 17.8. The van der Waals surface area contributed by atoms with E-state index in [1.165, 1.54) is 18.2 Å². The van der Waals surface area contributed by atoms with Crippen LogP contribution in [0.2, 0.25) is 5.28 Å². The Morgan fingerprint density at radius 2 is 1.64 bits per heavy atom. The van der Waals surface area contributed by atoms with Crippen molar-refractivity contribution in [1.29, 1.82) is 0 Å². The standard InChI is InChI=1S/C17H11ClF2N4O/c18-17-21-9-14(20)15(24-17)22-10-5-7-11(8-6-10)23-16(25)12-3-1-2-4-13(12)19/h1-9H,(H,23,25)(H,21,22,24). The number of halogens is 3. The van der Waals surface area contributed by atoms with Gasteiger partial charge in [-0.3, -0.25) is 4.79 Å². The topological polar surface area (TPSA) is 66.9 Å². The van der Waals surface area contributed by atoms with Crippen LogP contribution in [0.4, 0.5) is 26.0 Å². The van der Waals surface area contributed by atoms with Crippen LogP contribution in [-0.2, 0) is 0 Å². The third-order valence-corrected chi connectivity index (χ3v) is 3.42. The average Bonchev–Trinajstić information content (AvgIpc) is 2.60. The number of hydrogen-bond acceptors (Lipinski definition) is 4. The minimum absolute atomic E-state index is 0.0533. The maximum atomic E-state index is 13.6. The molecule has 0 fully saturated rings. The van der Waals surface area contributed by atoms with E-state index in [9.17, 15) is 13.6 Å². The van der Waals surface area contributed by atoms with Gasteiger partial charge in [-0.2, -0.15) is 4.98 Å². The Labute approximate surface area is 146 Å². The van der Waals surface area contributed by atoms with E-state index in [0.717, 1.165) is 6.20 Å². The van der Waals surface area contributed by atoms with Gasteiger partial charge in [0.1, 0.15) is 5.82 Å². The smallest absolute Gasteiger partial charge is 0.258 e. The fraction of sp³-hybridized carbons (Fsp3) is 0. The second-order valence-corrected chi connectivity index (χ2v) is 5.31. The van der Waals surface area contributed by atoms with Crippen molar-refractivity contribution in [2.75, 3.05) is 10.6 Å². The molecule has 5 nitrogen and oxygen atoms in total. The van der Waals surface area contributed by atoms with Crippen LogP contribution in [0.3, 0.4) is 0 Å². The Hall–Kier alpha value is -3.06. The van der Waals surface area contributed by atoms with E-state index in [0.29, 0.717) is 11.4 Å². The summed E-state index contributed by atoms with van der Waals surface area (Å²) in [5.41, 5.74) is 0.931. The second-order valence-electron chi connectivity index (χ2n) is 4.97. The molecule has 3 aromatic rings. The van der Waals surface area contributed by atoms with Crippen molar-refractivity contribution in [3.63, 3.8) is 0 Å². The number of nitrogens with zero attached hydrogens (tertiary/aromatic N) is 2. The second kappa shape index (κ2) is 7.23. The van der Waals surface area contributed by atoms with Crippen molar-refractivity contribution in [3.05, 3.63) is 77.2 Å². The number of anilines is 3. The summed E-state index contributed by atoms with van der Waals surface area (Å²) < 4.78 is 27.2. The van der Waals surface area contributed by atoms with Crippen molar-refractivity contribution in [2.45, 2.75) is 0 Å². The van der Waals surface area contributed by atoms with Crippen LogP contribution in [0.5, 0.6) is 0 Å². The van der Waals surface area contributed by atoms with Crippen LogP contribution in [0.25, 0.3) is 0 Å². The van der Waals surface area contributed by atoms with Gasteiger partial charge in [-0.05, 0) is 48.0 Å². The molecular weight excluding hydrogens is 350 g/mol. The van der Waals surface area contributed by atoms with Gasteiger partial charge in [0.05, 0.1) is 11.8 Å². The quantitative estimate of drug-likeness (QED) is 0.676. The van der Waals surface area contributed by atoms with E-state index in [1.807, 2.05) is 0 Å². The number of amides is 1. The summed E-state index contributed by atoms with van der Waals surface area (Å²) in [5, 5.41) is 5.25. The van der Waals surface area contributed by atoms with E-state index in [1.54, 1.807) is 30.3 Å². The number of aromatic nitrogens is 2. The molecule has 0 unspecified atom stereocenters. The van der Waals surface area contributed by atoms with Gasteiger partial charge in [0, 0.05) is 11.4 Å². The zero-order valence-electron chi connectivity index (χ0n) is 12.6. The van der Waals surface area contributed by atoms with E-state index in [4.69, 9.17) is 11.6 Å². The van der Waals surface area contributed by atoms with Gasteiger partial charge in [0.15, 0.2) is 11.6 Å². The number of carbonyl (C=O) groups is 1. The summed E-state index contributed by atoms with van der Waals surface area (Å²) in [4.78, 5) is 19.3. The lowest BCUT2D eigenvalue weighted by Gasteiger charge is -2.09. The number of nitrogens with one attached hydrogen (secondary N) is 2. The highest BCUT2D eigenvalue weighted by Crippen LogP contribution is 2.21. The summed E-state index contributed by atoms with van der Waals surface area (Å²) in [6.45, 7) is 0. The summed E-state index contributed by atoms with van der Waals surface area (Å²) in [6.07, 6.45) is 0.959. The number of hydrogen-bond donors (Lipinski definition) is 2. The van der Waals surface area contributed by atoms with Gasteiger partial charge in [0.25, 0.3) is 5.91 Å². The maximum Gasteiger partial charge on any atom is 0.258 e. The van der Waals surface area contributed by atoms with Gasteiger partial charge >= 0.3 is 0 Å². The van der Waals surface area contributed by atoms with Crippen molar-refractivity contribution in [2.24, 2.45) is 0 Å². The van der Waals surface area contributed by atoms with Crippen molar-refractivity contribution >= 4 is 34.7 Å². The number of carbonyl (C=O) groups excluding carboxylic acids is 1. The molecule has 0 radical (unpaired) electrons. The fourth-order valence-electron chi connectivity index (χ4n) is 2.05. The predicted molar refractivity (Wildman–Crippen MR) is 91.1 cm³/mol. The summed E-state index contributed by atoms with van der Waals surface area (Å²) in [6, 6.07) is 12.1. The van der Waals surface area contributed by atoms with Gasteiger partial charge < -0.3 is 10.6 Å². The normalized spacial score (nSPS) is 10.4. The third-order valence-electron chi connectivity index (χ3n) is 3.24. The Morgan fingerprint density at radius 3 is 2.36 bits per heavy atom. The van der Waals surface area contributed by atoms with Crippen molar-refractivity contribution in [1.82, 2.24) is 9.97 Å². The first-order valence-electron chi connectivity index (χ1n) is 7.14. The van der Waals surface area contributed by atoms with E-state index < -0.39 is 17.5 Å². The zero-order valence-corrected chi connectivity index (χ0v) is 13.4. The van der Waals surface area contributed by atoms with Crippen molar-refractivity contribution < 1.29 is 13.6 Å². The third kappa shape index (κ3) is 4.07. The molecule has 0 saturated carbocycles. The van der Waals surface area contributed by atoms with Crippen LogP contribution >= 0.6 is 11.6 Å². The molecular formula is C17H11ClF2N4O. The highest BCUT2D eigenvalue weighted by atomic mass is 35.5. The van der Waals surface area contributed by atoms with Crippen LogP contribution in [0, 0.1) is 11.6 Å². The molecule has 2 aromatic carbocycles. The highest BCUT2D eigenvalue weighted by molar-refractivity contribution is 6.28. The van der Waals surface area contributed by atoms with Gasteiger partial charge in [-0.25, -0.2) is 13.8 Å². The molecule has 0 aliphatic heterocycles. The Kier molecular flexibility index (Phi) is 4.85. The van der Waals surface area contributed by atoms with Gasteiger partial charge in [0.2, 0.25) is 5.28 Å². The maximum absolute atomic E-state index is 13.6. The molecule has 126 valence electrons. The Balaban J connectivity index is 1.71. The first-order valence-corrected chi connectivity index (χ1v) is 7.52. The van der Waals surface area contributed by atoms with Crippen LogP contribution < -0.4 is 10.6 Å². The Morgan fingerprint density at radius 1 is 0.960 bits per heavy atom.